The number of nitriles is 1. The molecule has 30 heavy (non-hydrogen) atoms. The number of nitrogens with zero attached hydrogens (tertiary/aromatic N) is 4. The molecule has 0 bridgehead atoms. The fourth-order valence-corrected chi connectivity index (χ4v) is 3.64. The number of carbonyl (C=O) groups is 2. The van der Waals surface area contributed by atoms with Crippen LogP contribution in [0.1, 0.15) is 42.6 Å². The zero-order valence-corrected chi connectivity index (χ0v) is 17.5. The molecule has 1 aromatic carbocycles. The minimum Gasteiger partial charge on any atom is -0.357 e. The van der Waals surface area contributed by atoms with E-state index in [2.05, 4.69) is 21.3 Å². The van der Waals surface area contributed by atoms with E-state index in [1.807, 2.05) is 19.9 Å². The topological polar surface area (TPSA) is 89.3 Å². The third kappa shape index (κ3) is 4.95. The lowest BCUT2D eigenvalue weighted by molar-refractivity contribution is -0.120. The quantitative estimate of drug-likeness (QED) is 0.797. The first-order valence-corrected chi connectivity index (χ1v) is 10.4. The average molecular weight is 406 g/mol. The summed E-state index contributed by atoms with van der Waals surface area (Å²) in [6.45, 7) is 6.75. The number of aromatic nitrogens is 1. The third-order valence-corrected chi connectivity index (χ3v) is 5.52. The summed E-state index contributed by atoms with van der Waals surface area (Å²) in [5, 5.41) is 11.8. The van der Waals surface area contributed by atoms with Gasteiger partial charge in [0.15, 0.2) is 0 Å². The third-order valence-electron chi connectivity index (χ3n) is 5.52. The molecule has 1 saturated heterocycles. The van der Waals surface area contributed by atoms with Crippen molar-refractivity contribution in [1.29, 1.82) is 5.26 Å². The highest BCUT2D eigenvalue weighted by Gasteiger charge is 2.25. The molecule has 2 heterocycles. The first kappa shape index (κ1) is 21.3. The van der Waals surface area contributed by atoms with Crippen molar-refractivity contribution < 1.29 is 9.59 Å². The van der Waals surface area contributed by atoms with Crippen LogP contribution < -0.4 is 10.2 Å². The molecule has 0 spiro atoms. The largest absolute Gasteiger partial charge is 0.357 e. The van der Waals surface area contributed by atoms with Crippen molar-refractivity contribution >= 4 is 23.3 Å². The number of hydrogen-bond acceptors (Lipinski definition) is 5. The monoisotopic (exact) mass is 405 g/mol. The average Bonchev–Trinajstić information content (AvgIpc) is 2.80. The fourth-order valence-electron chi connectivity index (χ4n) is 3.64. The predicted octanol–water partition coefficient (Wildman–Crippen LogP) is 3.29. The van der Waals surface area contributed by atoms with Crippen LogP contribution in [0.3, 0.4) is 0 Å². The molecule has 0 saturated carbocycles. The van der Waals surface area contributed by atoms with Crippen LogP contribution in [0.2, 0.25) is 0 Å². The minimum absolute atomic E-state index is 0.00154. The van der Waals surface area contributed by atoms with Crippen molar-refractivity contribution in [1.82, 2.24) is 9.88 Å². The summed E-state index contributed by atoms with van der Waals surface area (Å²) < 4.78 is 0. The van der Waals surface area contributed by atoms with Gasteiger partial charge < -0.3 is 15.1 Å². The number of pyridine rings is 1. The Labute approximate surface area is 177 Å². The van der Waals surface area contributed by atoms with Gasteiger partial charge in [0.25, 0.3) is 5.91 Å². The number of hydrogen-bond donors (Lipinski definition) is 1. The number of nitrogens with one attached hydrogen (secondary N) is 1. The molecule has 0 aliphatic carbocycles. The van der Waals surface area contributed by atoms with E-state index >= 15 is 0 Å². The lowest BCUT2D eigenvalue weighted by atomic mass is 9.95. The highest BCUT2D eigenvalue weighted by molar-refractivity contribution is 5.96. The Morgan fingerprint density at radius 3 is 2.33 bits per heavy atom. The van der Waals surface area contributed by atoms with Crippen LogP contribution in [0.25, 0.3) is 0 Å². The molecule has 7 nitrogen and oxygen atoms in total. The minimum atomic E-state index is -0.0587. The molecule has 0 atom stereocenters. The summed E-state index contributed by atoms with van der Waals surface area (Å²) >= 11 is 0. The van der Waals surface area contributed by atoms with Crippen molar-refractivity contribution in [3.8, 4) is 6.07 Å². The number of piperidine rings is 1. The summed E-state index contributed by atoms with van der Waals surface area (Å²) in [4.78, 5) is 33.3. The summed E-state index contributed by atoms with van der Waals surface area (Å²) in [6.07, 6.45) is 3.06. The Hall–Kier alpha value is -3.40. The Bertz CT molecular complexity index is 906. The van der Waals surface area contributed by atoms with E-state index < -0.39 is 0 Å². The molecular weight excluding hydrogens is 378 g/mol. The van der Waals surface area contributed by atoms with Gasteiger partial charge in [-0.25, -0.2) is 4.98 Å². The van der Waals surface area contributed by atoms with Crippen molar-refractivity contribution in [3.05, 3.63) is 53.7 Å². The van der Waals surface area contributed by atoms with E-state index in [-0.39, 0.29) is 17.7 Å². The van der Waals surface area contributed by atoms with Gasteiger partial charge in [-0.2, -0.15) is 5.26 Å². The van der Waals surface area contributed by atoms with E-state index in [0.29, 0.717) is 29.9 Å². The zero-order chi connectivity index (χ0) is 21.5. The second-order valence-corrected chi connectivity index (χ2v) is 7.32. The van der Waals surface area contributed by atoms with Gasteiger partial charge in [-0.05, 0) is 63.1 Å². The van der Waals surface area contributed by atoms with Crippen LogP contribution >= 0.6 is 0 Å². The Balaban J connectivity index is 1.53. The van der Waals surface area contributed by atoms with E-state index in [0.717, 1.165) is 31.7 Å². The molecule has 1 fully saturated rings. The Kier molecular flexibility index (Phi) is 7.02. The van der Waals surface area contributed by atoms with Crippen molar-refractivity contribution in [2.24, 2.45) is 5.92 Å². The lowest BCUT2D eigenvalue weighted by Gasteiger charge is -2.32. The van der Waals surface area contributed by atoms with Crippen LogP contribution in [-0.4, -0.2) is 47.9 Å². The summed E-state index contributed by atoms with van der Waals surface area (Å²) in [5.74, 6) is 0.782. The number of rotatable bonds is 6. The maximum atomic E-state index is 12.7. The maximum Gasteiger partial charge on any atom is 0.253 e. The highest BCUT2D eigenvalue weighted by Crippen LogP contribution is 2.23. The van der Waals surface area contributed by atoms with Crippen molar-refractivity contribution in [2.75, 3.05) is 36.4 Å². The Morgan fingerprint density at radius 2 is 1.80 bits per heavy atom. The van der Waals surface area contributed by atoms with Crippen molar-refractivity contribution in [2.45, 2.75) is 26.7 Å². The molecule has 1 N–H and O–H groups in total. The molecule has 0 unspecified atom stereocenters. The number of benzene rings is 1. The molecule has 2 amide bonds. The van der Waals surface area contributed by atoms with Gasteiger partial charge in [0, 0.05) is 49.5 Å². The number of carbonyl (C=O) groups excluding carboxylic acids is 2. The summed E-state index contributed by atoms with van der Waals surface area (Å²) in [7, 11) is 0. The molecule has 3 rings (SSSR count). The molecule has 1 aromatic heterocycles. The van der Waals surface area contributed by atoms with E-state index in [1.165, 1.54) is 0 Å². The van der Waals surface area contributed by atoms with Crippen LogP contribution in [0.15, 0.2) is 42.6 Å². The van der Waals surface area contributed by atoms with Gasteiger partial charge in [0.2, 0.25) is 5.91 Å². The van der Waals surface area contributed by atoms with E-state index in [4.69, 9.17) is 5.26 Å². The molecule has 0 radical (unpaired) electrons. The summed E-state index contributed by atoms with van der Waals surface area (Å²) in [5.41, 5.74) is 1.87. The van der Waals surface area contributed by atoms with Crippen LogP contribution in [-0.2, 0) is 4.79 Å². The van der Waals surface area contributed by atoms with Gasteiger partial charge in [-0.3, -0.25) is 9.59 Å². The molecule has 1 aliphatic heterocycles. The van der Waals surface area contributed by atoms with Crippen LogP contribution in [0.4, 0.5) is 11.5 Å². The van der Waals surface area contributed by atoms with E-state index in [1.54, 1.807) is 41.4 Å². The summed E-state index contributed by atoms with van der Waals surface area (Å²) in [6, 6.07) is 12.8. The maximum absolute atomic E-state index is 12.7. The SMILES string of the molecule is CCN(CC)C(=O)c1ccc(NC(=O)C2CCN(c3ccc(C#N)cn3)CC2)cc1. The number of amides is 2. The second-order valence-electron chi connectivity index (χ2n) is 7.32. The second kappa shape index (κ2) is 9.88. The lowest BCUT2D eigenvalue weighted by Crippen LogP contribution is -2.38. The smallest absolute Gasteiger partial charge is 0.253 e. The Morgan fingerprint density at radius 1 is 1.13 bits per heavy atom. The van der Waals surface area contributed by atoms with Gasteiger partial charge >= 0.3 is 0 Å². The van der Waals surface area contributed by atoms with E-state index in [9.17, 15) is 9.59 Å². The molecular formula is C23H27N5O2. The number of anilines is 2. The van der Waals surface area contributed by atoms with Gasteiger partial charge in [-0.15, -0.1) is 0 Å². The van der Waals surface area contributed by atoms with Gasteiger partial charge in [0.05, 0.1) is 5.56 Å². The van der Waals surface area contributed by atoms with Crippen molar-refractivity contribution in [3.63, 3.8) is 0 Å². The highest BCUT2D eigenvalue weighted by atomic mass is 16.2. The zero-order valence-electron chi connectivity index (χ0n) is 17.5. The molecule has 2 aromatic rings. The van der Waals surface area contributed by atoms with Gasteiger partial charge in [0.1, 0.15) is 11.9 Å². The normalized spacial score (nSPS) is 14.1. The standard InChI is InChI=1S/C23H27N5O2/c1-3-27(4-2)23(30)19-6-8-20(9-7-19)26-22(29)18-11-13-28(14-12-18)21-10-5-17(15-24)16-25-21/h5-10,16,18H,3-4,11-14H2,1-2H3,(H,26,29). The first-order valence-electron chi connectivity index (χ1n) is 10.4. The molecule has 156 valence electrons. The first-order chi connectivity index (χ1) is 14.5. The molecule has 7 heteroatoms. The molecule has 1 aliphatic rings. The van der Waals surface area contributed by atoms with Gasteiger partial charge in [-0.1, -0.05) is 0 Å². The predicted molar refractivity (Wildman–Crippen MR) is 116 cm³/mol. The fraction of sp³-hybridized carbons (Fsp3) is 0.391. The van der Waals surface area contributed by atoms with Crippen LogP contribution in [0.5, 0.6) is 0 Å². The van der Waals surface area contributed by atoms with Crippen LogP contribution in [0, 0.1) is 17.2 Å².